The lowest BCUT2D eigenvalue weighted by atomic mass is 10.3. The third kappa shape index (κ3) is 5.93. The van der Waals surface area contributed by atoms with Crippen LogP contribution in [0.5, 0.6) is 0 Å². The van der Waals surface area contributed by atoms with E-state index in [1.54, 1.807) is 11.8 Å². The first-order valence-electron chi connectivity index (χ1n) is 4.54. The van der Waals surface area contributed by atoms with Crippen molar-refractivity contribution in [2.75, 3.05) is 19.4 Å². The minimum Gasteiger partial charge on any atom is -0.465 e. The molecule has 2 atom stereocenters. The van der Waals surface area contributed by atoms with Crippen molar-refractivity contribution in [3.05, 3.63) is 0 Å². The molecule has 0 aliphatic rings. The zero-order valence-corrected chi connectivity index (χ0v) is 9.61. The van der Waals surface area contributed by atoms with Crippen LogP contribution in [0.25, 0.3) is 0 Å². The molecule has 0 heterocycles. The zero-order valence-electron chi connectivity index (χ0n) is 8.79. The summed E-state index contributed by atoms with van der Waals surface area (Å²) in [5.74, 6) is -0.171. The molecule has 0 radical (unpaired) electrons. The van der Waals surface area contributed by atoms with Crippen LogP contribution < -0.4 is 5.32 Å². The first-order valence-corrected chi connectivity index (χ1v) is 5.83. The lowest BCUT2D eigenvalue weighted by molar-refractivity contribution is -0.145. The number of carbonyl (C=O) groups excluding carboxylic acids is 1. The maximum Gasteiger partial charge on any atom is 0.322 e. The monoisotopic (exact) mass is 205 g/mol. The van der Waals surface area contributed by atoms with Crippen LogP contribution in [0.15, 0.2) is 0 Å². The highest BCUT2D eigenvalue weighted by Gasteiger charge is 2.13. The Morgan fingerprint density at radius 1 is 1.54 bits per heavy atom. The number of esters is 1. The molecule has 0 aliphatic carbocycles. The molecule has 0 aromatic heterocycles. The number of thioether (sulfide) groups is 1. The summed E-state index contributed by atoms with van der Waals surface area (Å²) in [6, 6.07) is -0.199. The number of hydrogen-bond acceptors (Lipinski definition) is 4. The van der Waals surface area contributed by atoms with Crippen LogP contribution in [0.1, 0.15) is 20.8 Å². The van der Waals surface area contributed by atoms with Crippen molar-refractivity contribution in [2.45, 2.75) is 32.1 Å². The fourth-order valence-electron chi connectivity index (χ4n) is 0.777. The SMILES string of the molecule is CCOC(=O)C(C)NCC(C)SC. The zero-order chi connectivity index (χ0) is 10.3. The average Bonchev–Trinajstić information content (AvgIpc) is 2.13. The topological polar surface area (TPSA) is 38.3 Å². The Balaban J connectivity index is 3.60. The van der Waals surface area contributed by atoms with Crippen LogP contribution in [0.2, 0.25) is 0 Å². The molecule has 0 aliphatic heterocycles. The summed E-state index contributed by atoms with van der Waals surface area (Å²) in [6.07, 6.45) is 2.06. The fourth-order valence-corrected chi connectivity index (χ4v) is 1.04. The van der Waals surface area contributed by atoms with Crippen molar-refractivity contribution in [1.29, 1.82) is 0 Å². The van der Waals surface area contributed by atoms with Crippen LogP contribution >= 0.6 is 11.8 Å². The highest BCUT2D eigenvalue weighted by molar-refractivity contribution is 7.99. The largest absolute Gasteiger partial charge is 0.465 e. The predicted molar refractivity (Wildman–Crippen MR) is 57.1 cm³/mol. The molecular weight excluding hydrogens is 186 g/mol. The molecular formula is C9H19NO2S. The molecule has 0 aromatic carbocycles. The van der Waals surface area contributed by atoms with E-state index >= 15 is 0 Å². The van der Waals surface area contributed by atoms with Crippen LogP contribution in [0, 0.1) is 0 Å². The molecule has 0 spiro atoms. The second-order valence-electron chi connectivity index (χ2n) is 2.93. The van der Waals surface area contributed by atoms with Gasteiger partial charge in [-0.3, -0.25) is 4.79 Å². The Hall–Kier alpha value is -0.220. The number of nitrogens with one attached hydrogen (secondary N) is 1. The third-order valence-corrected chi connectivity index (χ3v) is 2.73. The standard InChI is InChI=1S/C9H19NO2S/c1-5-12-9(11)8(3)10-6-7(2)13-4/h7-8,10H,5-6H2,1-4H3. The minimum absolute atomic E-state index is 0.171. The molecule has 78 valence electrons. The molecule has 3 nitrogen and oxygen atoms in total. The van der Waals surface area contributed by atoms with Gasteiger partial charge in [-0.2, -0.15) is 11.8 Å². The first-order chi connectivity index (χ1) is 6.11. The Morgan fingerprint density at radius 2 is 2.15 bits per heavy atom. The lowest BCUT2D eigenvalue weighted by Crippen LogP contribution is -2.38. The molecule has 0 fully saturated rings. The molecule has 0 bridgehead atoms. The van der Waals surface area contributed by atoms with Gasteiger partial charge in [0.15, 0.2) is 0 Å². The maximum atomic E-state index is 11.2. The van der Waals surface area contributed by atoms with E-state index in [0.717, 1.165) is 6.54 Å². The molecule has 0 saturated carbocycles. The molecule has 2 unspecified atom stereocenters. The van der Waals surface area contributed by atoms with E-state index in [2.05, 4.69) is 18.5 Å². The average molecular weight is 205 g/mol. The minimum atomic E-state index is -0.199. The third-order valence-electron chi connectivity index (χ3n) is 1.75. The molecule has 0 rings (SSSR count). The summed E-state index contributed by atoms with van der Waals surface area (Å²) in [4.78, 5) is 11.2. The van der Waals surface area contributed by atoms with E-state index in [0.29, 0.717) is 11.9 Å². The van der Waals surface area contributed by atoms with Gasteiger partial charge in [-0.1, -0.05) is 6.92 Å². The summed E-state index contributed by atoms with van der Waals surface area (Å²) in [5.41, 5.74) is 0. The van der Waals surface area contributed by atoms with Gasteiger partial charge in [0.1, 0.15) is 6.04 Å². The molecule has 0 saturated heterocycles. The second-order valence-corrected chi connectivity index (χ2v) is 4.20. The van der Waals surface area contributed by atoms with E-state index in [9.17, 15) is 4.79 Å². The van der Waals surface area contributed by atoms with Crippen LogP contribution in [0.3, 0.4) is 0 Å². The predicted octanol–water partition coefficient (Wildman–Crippen LogP) is 1.28. The number of carbonyl (C=O) groups is 1. The molecule has 13 heavy (non-hydrogen) atoms. The normalized spacial score (nSPS) is 15.1. The van der Waals surface area contributed by atoms with Crippen molar-refractivity contribution in [3.8, 4) is 0 Å². The number of hydrogen-bond donors (Lipinski definition) is 1. The summed E-state index contributed by atoms with van der Waals surface area (Å²) >= 11 is 1.78. The quantitative estimate of drug-likeness (QED) is 0.663. The Morgan fingerprint density at radius 3 is 2.62 bits per heavy atom. The molecule has 4 heteroatoms. The highest BCUT2D eigenvalue weighted by atomic mass is 32.2. The Labute approximate surface area is 84.6 Å². The summed E-state index contributed by atoms with van der Waals surface area (Å²) in [6.45, 7) is 7.04. The van der Waals surface area contributed by atoms with E-state index in [1.165, 1.54) is 0 Å². The van der Waals surface area contributed by atoms with Crippen LogP contribution in [-0.2, 0) is 9.53 Å². The summed E-state index contributed by atoms with van der Waals surface area (Å²) < 4.78 is 4.86. The van der Waals surface area contributed by atoms with Gasteiger partial charge in [0.2, 0.25) is 0 Å². The van der Waals surface area contributed by atoms with Gasteiger partial charge in [0.05, 0.1) is 6.61 Å². The van der Waals surface area contributed by atoms with Gasteiger partial charge in [0.25, 0.3) is 0 Å². The van der Waals surface area contributed by atoms with Crippen LogP contribution in [0.4, 0.5) is 0 Å². The van der Waals surface area contributed by atoms with E-state index < -0.39 is 0 Å². The van der Waals surface area contributed by atoms with Gasteiger partial charge < -0.3 is 10.1 Å². The van der Waals surface area contributed by atoms with E-state index in [-0.39, 0.29) is 12.0 Å². The fraction of sp³-hybridized carbons (Fsp3) is 0.889. The van der Waals surface area contributed by atoms with E-state index in [1.807, 2.05) is 13.8 Å². The molecule has 0 amide bonds. The Kier molecular flexibility index (Phi) is 7.09. The van der Waals surface area contributed by atoms with E-state index in [4.69, 9.17) is 4.74 Å². The van der Waals surface area contributed by atoms with Crippen molar-refractivity contribution >= 4 is 17.7 Å². The van der Waals surface area contributed by atoms with Crippen molar-refractivity contribution in [3.63, 3.8) is 0 Å². The van der Waals surface area contributed by atoms with Crippen LogP contribution in [-0.4, -0.2) is 36.7 Å². The number of ether oxygens (including phenoxy) is 1. The van der Waals surface area contributed by atoms with Gasteiger partial charge in [-0.15, -0.1) is 0 Å². The maximum absolute atomic E-state index is 11.2. The van der Waals surface area contributed by atoms with Gasteiger partial charge in [0, 0.05) is 11.8 Å². The van der Waals surface area contributed by atoms with Gasteiger partial charge in [-0.05, 0) is 20.1 Å². The highest BCUT2D eigenvalue weighted by Crippen LogP contribution is 2.03. The molecule has 0 aromatic rings. The first kappa shape index (κ1) is 12.8. The van der Waals surface area contributed by atoms with Gasteiger partial charge >= 0.3 is 5.97 Å². The molecule has 1 N–H and O–H groups in total. The van der Waals surface area contributed by atoms with Crippen molar-refractivity contribution < 1.29 is 9.53 Å². The van der Waals surface area contributed by atoms with Gasteiger partial charge in [-0.25, -0.2) is 0 Å². The Bertz CT molecular complexity index is 153. The second kappa shape index (κ2) is 7.21. The van der Waals surface area contributed by atoms with Crippen molar-refractivity contribution in [2.24, 2.45) is 0 Å². The lowest BCUT2D eigenvalue weighted by Gasteiger charge is -2.14. The summed E-state index contributed by atoms with van der Waals surface area (Å²) in [5, 5.41) is 3.65. The number of rotatable bonds is 6. The van der Waals surface area contributed by atoms with Crippen molar-refractivity contribution in [1.82, 2.24) is 5.32 Å². The summed E-state index contributed by atoms with van der Waals surface area (Å²) in [7, 11) is 0. The smallest absolute Gasteiger partial charge is 0.322 e.